The fourth-order valence-electron chi connectivity index (χ4n) is 4.05. The fourth-order valence-corrected chi connectivity index (χ4v) is 5.06. The molecule has 1 aliphatic rings. The summed E-state index contributed by atoms with van der Waals surface area (Å²) in [5.74, 6) is -2.88. The molecule has 0 radical (unpaired) electrons. The van der Waals surface area contributed by atoms with Crippen LogP contribution in [0.4, 0.5) is 9.52 Å². The summed E-state index contributed by atoms with van der Waals surface area (Å²) in [5.41, 5.74) is 1.42. The molecule has 0 bridgehead atoms. The summed E-state index contributed by atoms with van der Waals surface area (Å²) in [6.07, 6.45) is 1.60. The lowest BCUT2D eigenvalue weighted by molar-refractivity contribution is -0.132. The Hall–Kier alpha value is -4.31. The molecule has 10 heteroatoms. The summed E-state index contributed by atoms with van der Waals surface area (Å²) in [6, 6.07) is 9.02. The highest BCUT2D eigenvalue weighted by Gasteiger charge is 2.48. The second kappa shape index (κ2) is 10.4. The van der Waals surface area contributed by atoms with Crippen LogP contribution in [-0.4, -0.2) is 41.5 Å². The Bertz CT molecular complexity index is 1440. The summed E-state index contributed by atoms with van der Waals surface area (Å²) in [7, 11) is 1.22. The van der Waals surface area contributed by atoms with E-state index in [4.69, 9.17) is 9.47 Å². The minimum Gasteiger partial charge on any atom is -0.507 e. The molecule has 1 amide bonds. The van der Waals surface area contributed by atoms with Gasteiger partial charge in [-0.2, -0.15) is 0 Å². The number of esters is 1. The van der Waals surface area contributed by atoms with E-state index in [1.165, 1.54) is 31.4 Å². The van der Waals surface area contributed by atoms with E-state index in [9.17, 15) is 23.9 Å². The van der Waals surface area contributed by atoms with Gasteiger partial charge in [0.1, 0.15) is 28.8 Å². The number of aliphatic hydroxyl groups is 1. The third-order valence-corrected chi connectivity index (χ3v) is 6.95. The van der Waals surface area contributed by atoms with Crippen molar-refractivity contribution in [3.05, 3.63) is 93.8 Å². The molecule has 0 spiro atoms. The van der Waals surface area contributed by atoms with Crippen molar-refractivity contribution in [3.63, 3.8) is 0 Å². The molecule has 1 saturated heterocycles. The van der Waals surface area contributed by atoms with Crippen LogP contribution in [0, 0.1) is 19.7 Å². The van der Waals surface area contributed by atoms with Crippen LogP contribution < -0.4 is 9.64 Å². The van der Waals surface area contributed by atoms with Crippen LogP contribution in [0.15, 0.2) is 60.7 Å². The van der Waals surface area contributed by atoms with Crippen molar-refractivity contribution in [2.45, 2.75) is 19.9 Å². The number of amides is 1. The molecule has 1 fully saturated rings. The molecule has 1 N–H and O–H groups in total. The number of aryl methyl sites for hydroxylation is 2. The third kappa shape index (κ3) is 4.75. The zero-order valence-corrected chi connectivity index (χ0v) is 21.1. The first-order valence-corrected chi connectivity index (χ1v) is 12.0. The van der Waals surface area contributed by atoms with E-state index in [-0.39, 0.29) is 15.6 Å². The maximum Gasteiger partial charge on any atom is 0.350 e. The quantitative estimate of drug-likeness (QED) is 0.155. The number of methoxy groups -OCH3 is 1. The monoisotopic (exact) mass is 522 g/mol. The molecule has 8 nitrogen and oxygen atoms in total. The zero-order valence-electron chi connectivity index (χ0n) is 20.3. The second-order valence-electron chi connectivity index (χ2n) is 8.20. The van der Waals surface area contributed by atoms with E-state index in [1.54, 1.807) is 38.1 Å². The van der Waals surface area contributed by atoms with E-state index < -0.39 is 35.3 Å². The fraction of sp³-hybridized carbons (Fsp3) is 0.185. The first kappa shape index (κ1) is 25.8. The number of aromatic nitrogens is 1. The highest BCUT2D eigenvalue weighted by Crippen LogP contribution is 2.44. The maximum absolute atomic E-state index is 13.7. The summed E-state index contributed by atoms with van der Waals surface area (Å²) in [5, 5.41) is 11.4. The second-order valence-corrected chi connectivity index (χ2v) is 9.18. The third-order valence-electron chi connectivity index (χ3n) is 5.81. The lowest BCUT2D eigenvalue weighted by Gasteiger charge is -2.23. The lowest BCUT2D eigenvalue weighted by Crippen LogP contribution is -2.29. The van der Waals surface area contributed by atoms with E-state index in [1.807, 2.05) is 0 Å². The number of ether oxygens (including phenoxy) is 2. The van der Waals surface area contributed by atoms with Crippen molar-refractivity contribution >= 4 is 39.9 Å². The number of thiazole rings is 1. The number of ketones is 1. The van der Waals surface area contributed by atoms with Gasteiger partial charge in [0.2, 0.25) is 0 Å². The average Bonchev–Trinajstić information content (AvgIpc) is 3.39. The van der Waals surface area contributed by atoms with E-state index >= 15 is 0 Å². The zero-order chi connectivity index (χ0) is 26.9. The largest absolute Gasteiger partial charge is 0.507 e. The van der Waals surface area contributed by atoms with Gasteiger partial charge in [0.05, 0.1) is 24.4 Å². The summed E-state index contributed by atoms with van der Waals surface area (Å²) < 4.78 is 24.1. The number of rotatable bonds is 7. The predicted molar refractivity (Wildman–Crippen MR) is 136 cm³/mol. The summed E-state index contributed by atoms with van der Waals surface area (Å²) in [6.45, 7) is 7.21. The standard InChI is InChI=1S/C27H23FN2O6S/c1-5-12-36-18-10-11-19(14(2)13-18)22(31)20-21(16-6-8-17(28)9-7-16)30(25(33)23(20)32)27-29-15(3)24(37-27)26(34)35-4/h5-11,13,21,31H,1,12H2,2-4H3/b22-20+. The van der Waals surface area contributed by atoms with Crippen LogP contribution in [0.1, 0.15) is 38.1 Å². The van der Waals surface area contributed by atoms with Gasteiger partial charge in [-0.05, 0) is 55.3 Å². The molecule has 1 aliphatic heterocycles. The van der Waals surface area contributed by atoms with Crippen molar-refractivity contribution in [3.8, 4) is 5.75 Å². The van der Waals surface area contributed by atoms with Gasteiger partial charge < -0.3 is 14.6 Å². The molecular weight excluding hydrogens is 499 g/mol. The molecule has 1 unspecified atom stereocenters. The number of benzene rings is 2. The summed E-state index contributed by atoms with van der Waals surface area (Å²) in [4.78, 5) is 44.4. The first-order chi connectivity index (χ1) is 17.7. The molecule has 2 aromatic carbocycles. The van der Waals surface area contributed by atoms with Gasteiger partial charge >= 0.3 is 11.9 Å². The van der Waals surface area contributed by atoms with Crippen LogP contribution in [0.3, 0.4) is 0 Å². The van der Waals surface area contributed by atoms with Crippen LogP contribution in [-0.2, 0) is 14.3 Å². The van der Waals surface area contributed by atoms with Gasteiger partial charge in [-0.3, -0.25) is 14.5 Å². The number of carbonyl (C=O) groups is 3. The Morgan fingerprint density at radius 1 is 1.22 bits per heavy atom. The predicted octanol–water partition coefficient (Wildman–Crippen LogP) is 4.88. The Labute approximate surface area is 216 Å². The van der Waals surface area contributed by atoms with Crippen molar-refractivity contribution in [1.82, 2.24) is 4.98 Å². The van der Waals surface area contributed by atoms with Crippen LogP contribution in [0.25, 0.3) is 5.76 Å². The minimum atomic E-state index is -1.12. The minimum absolute atomic E-state index is 0.0678. The van der Waals surface area contributed by atoms with Crippen molar-refractivity contribution in [2.75, 3.05) is 18.6 Å². The average molecular weight is 523 g/mol. The van der Waals surface area contributed by atoms with E-state index in [2.05, 4.69) is 11.6 Å². The molecule has 3 aromatic rings. The number of halogens is 1. The molecule has 1 atom stereocenters. The van der Waals surface area contributed by atoms with Gasteiger partial charge in [0.25, 0.3) is 5.78 Å². The highest BCUT2D eigenvalue weighted by atomic mass is 32.1. The van der Waals surface area contributed by atoms with Gasteiger partial charge in [-0.1, -0.05) is 36.1 Å². The molecule has 4 rings (SSSR count). The lowest BCUT2D eigenvalue weighted by atomic mass is 9.94. The number of anilines is 1. The first-order valence-electron chi connectivity index (χ1n) is 11.1. The molecule has 190 valence electrons. The van der Waals surface area contributed by atoms with Gasteiger partial charge in [0, 0.05) is 5.56 Å². The van der Waals surface area contributed by atoms with Crippen molar-refractivity contribution < 1.29 is 33.4 Å². The van der Waals surface area contributed by atoms with Gasteiger partial charge in [-0.15, -0.1) is 0 Å². The molecule has 37 heavy (non-hydrogen) atoms. The van der Waals surface area contributed by atoms with Crippen LogP contribution in [0.5, 0.6) is 5.75 Å². The van der Waals surface area contributed by atoms with Crippen molar-refractivity contribution in [1.29, 1.82) is 0 Å². The molecular formula is C27H23FN2O6S. The van der Waals surface area contributed by atoms with Crippen LogP contribution >= 0.6 is 11.3 Å². The number of hydrogen-bond donors (Lipinski definition) is 1. The molecule has 1 aromatic heterocycles. The number of carbonyl (C=O) groups excluding carboxylic acids is 3. The number of nitrogens with zero attached hydrogens (tertiary/aromatic N) is 2. The van der Waals surface area contributed by atoms with Crippen molar-refractivity contribution in [2.24, 2.45) is 0 Å². The number of Topliss-reactive ketones (excluding diaryl/α,β-unsaturated/α-hetero) is 1. The number of hydrogen-bond acceptors (Lipinski definition) is 8. The SMILES string of the molecule is C=CCOc1ccc(/C(O)=C2\C(=O)C(=O)N(c3nc(C)c(C(=O)OC)s3)C2c2ccc(F)cc2)c(C)c1. The van der Waals surface area contributed by atoms with Crippen LogP contribution in [0.2, 0.25) is 0 Å². The Kier molecular flexibility index (Phi) is 7.21. The Morgan fingerprint density at radius 3 is 2.54 bits per heavy atom. The molecule has 0 saturated carbocycles. The van der Waals surface area contributed by atoms with Gasteiger partial charge in [0.15, 0.2) is 5.13 Å². The topological polar surface area (TPSA) is 106 Å². The molecule has 2 heterocycles. The number of aliphatic hydroxyl groups excluding tert-OH is 1. The normalized spacial score (nSPS) is 16.6. The Morgan fingerprint density at radius 2 is 1.92 bits per heavy atom. The highest BCUT2D eigenvalue weighted by molar-refractivity contribution is 7.17. The molecule has 0 aliphatic carbocycles. The Balaban J connectivity index is 1.89. The summed E-state index contributed by atoms with van der Waals surface area (Å²) >= 11 is 0.883. The van der Waals surface area contributed by atoms with E-state index in [0.29, 0.717) is 34.7 Å². The van der Waals surface area contributed by atoms with Gasteiger partial charge in [-0.25, -0.2) is 14.2 Å². The maximum atomic E-state index is 13.7. The smallest absolute Gasteiger partial charge is 0.350 e. The van der Waals surface area contributed by atoms with E-state index in [0.717, 1.165) is 16.2 Å².